The van der Waals surface area contributed by atoms with E-state index in [-0.39, 0.29) is 0 Å². The molecule has 86 valence electrons. The first-order chi connectivity index (χ1) is 8.33. The standard InChI is InChI=1S/C13H13N3O/c1-2-15-8-12-9-17-13(16-12)11-5-3-4-10(6-11)7-14/h3-6,9,15H,2,8H2,1H3. The average Bonchev–Trinajstić information content (AvgIpc) is 2.85. The molecule has 0 aliphatic heterocycles. The molecule has 2 aromatic rings. The van der Waals surface area contributed by atoms with Crippen molar-refractivity contribution in [2.45, 2.75) is 13.5 Å². The van der Waals surface area contributed by atoms with Crippen molar-refractivity contribution in [3.05, 3.63) is 41.8 Å². The molecule has 4 heteroatoms. The number of nitrogens with zero attached hydrogens (tertiary/aromatic N) is 2. The van der Waals surface area contributed by atoms with Crippen molar-refractivity contribution in [2.24, 2.45) is 0 Å². The fourth-order valence-corrected chi connectivity index (χ4v) is 1.50. The molecule has 0 aliphatic carbocycles. The topological polar surface area (TPSA) is 61.9 Å². The van der Waals surface area contributed by atoms with Crippen LogP contribution in [0.5, 0.6) is 0 Å². The molecule has 17 heavy (non-hydrogen) atoms. The molecule has 0 saturated carbocycles. The molecule has 4 nitrogen and oxygen atoms in total. The number of hydrogen-bond donors (Lipinski definition) is 1. The van der Waals surface area contributed by atoms with Crippen molar-refractivity contribution in [1.82, 2.24) is 10.3 Å². The van der Waals surface area contributed by atoms with Crippen LogP contribution in [0.25, 0.3) is 11.5 Å². The van der Waals surface area contributed by atoms with Crippen LogP contribution in [0.3, 0.4) is 0 Å². The first-order valence-electron chi connectivity index (χ1n) is 5.49. The van der Waals surface area contributed by atoms with Gasteiger partial charge < -0.3 is 9.73 Å². The Kier molecular flexibility index (Phi) is 3.53. The SMILES string of the molecule is CCNCc1coc(-c2cccc(C#N)c2)n1. The maximum absolute atomic E-state index is 8.82. The van der Waals surface area contributed by atoms with Crippen molar-refractivity contribution in [3.63, 3.8) is 0 Å². The van der Waals surface area contributed by atoms with Crippen LogP contribution >= 0.6 is 0 Å². The molecule has 0 bridgehead atoms. The first kappa shape index (κ1) is 11.4. The van der Waals surface area contributed by atoms with E-state index in [4.69, 9.17) is 9.68 Å². The number of aromatic nitrogens is 1. The van der Waals surface area contributed by atoms with Crippen LogP contribution in [0.2, 0.25) is 0 Å². The van der Waals surface area contributed by atoms with Crippen LogP contribution in [0.4, 0.5) is 0 Å². The second kappa shape index (κ2) is 5.28. The van der Waals surface area contributed by atoms with Gasteiger partial charge in [0.1, 0.15) is 6.26 Å². The van der Waals surface area contributed by atoms with Gasteiger partial charge in [0, 0.05) is 12.1 Å². The highest BCUT2D eigenvalue weighted by molar-refractivity contribution is 5.56. The Hall–Kier alpha value is -2.12. The van der Waals surface area contributed by atoms with Crippen LogP contribution in [-0.2, 0) is 6.54 Å². The predicted octanol–water partition coefficient (Wildman–Crippen LogP) is 2.32. The Bertz CT molecular complexity index is 540. The summed E-state index contributed by atoms with van der Waals surface area (Å²) < 4.78 is 5.39. The number of nitrogens with one attached hydrogen (secondary N) is 1. The number of rotatable bonds is 4. The molecule has 0 unspecified atom stereocenters. The average molecular weight is 227 g/mol. The zero-order chi connectivity index (χ0) is 12.1. The van der Waals surface area contributed by atoms with Gasteiger partial charge in [-0.25, -0.2) is 4.98 Å². The molecule has 0 amide bonds. The molecule has 2 rings (SSSR count). The molecule has 0 spiro atoms. The minimum Gasteiger partial charge on any atom is -0.444 e. The van der Waals surface area contributed by atoms with Gasteiger partial charge in [0.2, 0.25) is 5.89 Å². The predicted molar refractivity (Wildman–Crippen MR) is 64.0 cm³/mol. The molecular weight excluding hydrogens is 214 g/mol. The quantitative estimate of drug-likeness (QED) is 0.870. The van der Waals surface area contributed by atoms with E-state index in [1.54, 1.807) is 18.4 Å². The van der Waals surface area contributed by atoms with Crippen molar-refractivity contribution in [3.8, 4) is 17.5 Å². The van der Waals surface area contributed by atoms with E-state index in [2.05, 4.69) is 16.4 Å². The third-order valence-corrected chi connectivity index (χ3v) is 2.35. The molecule has 1 aromatic heterocycles. The van der Waals surface area contributed by atoms with Gasteiger partial charge in [0.25, 0.3) is 0 Å². The highest BCUT2D eigenvalue weighted by Gasteiger charge is 2.06. The summed E-state index contributed by atoms with van der Waals surface area (Å²) in [5, 5.41) is 12.0. The molecule has 0 atom stereocenters. The van der Waals surface area contributed by atoms with E-state index in [1.807, 2.05) is 19.1 Å². The summed E-state index contributed by atoms with van der Waals surface area (Å²) in [6.07, 6.45) is 1.64. The zero-order valence-electron chi connectivity index (χ0n) is 9.60. The summed E-state index contributed by atoms with van der Waals surface area (Å²) in [4.78, 5) is 4.35. The summed E-state index contributed by atoms with van der Waals surface area (Å²) in [5.74, 6) is 0.551. The second-order valence-corrected chi connectivity index (χ2v) is 3.62. The van der Waals surface area contributed by atoms with E-state index in [0.29, 0.717) is 18.0 Å². The van der Waals surface area contributed by atoms with Gasteiger partial charge in [0.05, 0.1) is 17.3 Å². The second-order valence-electron chi connectivity index (χ2n) is 3.62. The summed E-state index contributed by atoms with van der Waals surface area (Å²) in [7, 11) is 0. The van der Waals surface area contributed by atoms with Gasteiger partial charge in [-0.2, -0.15) is 5.26 Å². The summed E-state index contributed by atoms with van der Waals surface area (Å²) in [5.41, 5.74) is 2.30. The Morgan fingerprint density at radius 2 is 2.35 bits per heavy atom. The van der Waals surface area contributed by atoms with E-state index >= 15 is 0 Å². The lowest BCUT2D eigenvalue weighted by molar-refractivity contribution is 0.570. The van der Waals surface area contributed by atoms with E-state index in [9.17, 15) is 0 Å². The third-order valence-electron chi connectivity index (χ3n) is 2.35. The third kappa shape index (κ3) is 2.71. The zero-order valence-corrected chi connectivity index (χ0v) is 9.60. The summed E-state index contributed by atoms with van der Waals surface area (Å²) >= 11 is 0. The lowest BCUT2D eigenvalue weighted by atomic mass is 10.1. The number of benzene rings is 1. The summed E-state index contributed by atoms with van der Waals surface area (Å²) in [6, 6.07) is 9.32. The highest BCUT2D eigenvalue weighted by Crippen LogP contribution is 2.19. The molecule has 0 saturated heterocycles. The minimum absolute atomic E-state index is 0.551. The normalized spacial score (nSPS) is 10.1. The van der Waals surface area contributed by atoms with Crippen LogP contribution < -0.4 is 5.32 Å². The van der Waals surface area contributed by atoms with Crippen LogP contribution in [0.15, 0.2) is 34.9 Å². The fourth-order valence-electron chi connectivity index (χ4n) is 1.50. The highest BCUT2D eigenvalue weighted by atomic mass is 16.3. The molecular formula is C13H13N3O. The Morgan fingerprint density at radius 1 is 1.47 bits per heavy atom. The van der Waals surface area contributed by atoms with Gasteiger partial charge in [-0.15, -0.1) is 0 Å². The van der Waals surface area contributed by atoms with Gasteiger partial charge in [0.15, 0.2) is 0 Å². The smallest absolute Gasteiger partial charge is 0.226 e. The van der Waals surface area contributed by atoms with E-state index in [1.165, 1.54) is 0 Å². The summed E-state index contributed by atoms with van der Waals surface area (Å²) in [6.45, 7) is 3.63. The first-order valence-corrected chi connectivity index (χ1v) is 5.49. The molecule has 0 radical (unpaired) electrons. The maximum Gasteiger partial charge on any atom is 0.226 e. The fraction of sp³-hybridized carbons (Fsp3) is 0.231. The Balaban J connectivity index is 2.21. The Labute approximate surface area is 99.9 Å². The molecule has 1 N–H and O–H groups in total. The van der Waals surface area contributed by atoms with Gasteiger partial charge in [-0.1, -0.05) is 13.0 Å². The van der Waals surface area contributed by atoms with Crippen molar-refractivity contribution < 1.29 is 4.42 Å². The molecule has 1 heterocycles. The van der Waals surface area contributed by atoms with Crippen molar-refractivity contribution >= 4 is 0 Å². The van der Waals surface area contributed by atoms with Gasteiger partial charge in [-0.3, -0.25) is 0 Å². The maximum atomic E-state index is 8.82. The lowest BCUT2D eigenvalue weighted by Gasteiger charge is -1.96. The van der Waals surface area contributed by atoms with Crippen LogP contribution in [-0.4, -0.2) is 11.5 Å². The largest absolute Gasteiger partial charge is 0.444 e. The lowest BCUT2D eigenvalue weighted by Crippen LogP contribution is -2.11. The number of oxazole rings is 1. The van der Waals surface area contributed by atoms with E-state index in [0.717, 1.165) is 17.8 Å². The Morgan fingerprint density at radius 3 is 3.12 bits per heavy atom. The molecule has 0 aliphatic rings. The van der Waals surface area contributed by atoms with Crippen LogP contribution in [0.1, 0.15) is 18.2 Å². The van der Waals surface area contributed by atoms with Crippen molar-refractivity contribution in [1.29, 1.82) is 5.26 Å². The van der Waals surface area contributed by atoms with Crippen molar-refractivity contribution in [2.75, 3.05) is 6.54 Å². The van der Waals surface area contributed by atoms with Gasteiger partial charge >= 0.3 is 0 Å². The number of hydrogen-bond acceptors (Lipinski definition) is 4. The van der Waals surface area contributed by atoms with Gasteiger partial charge in [-0.05, 0) is 24.7 Å². The minimum atomic E-state index is 0.551. The van der Waals surface area contributed by atoms with Crippen LogP contribution in [0, 0.1) is 11.3 Å². The van der Waals surface area contributed by atoms with E-state index < -0.39 is 0 Å². The molecule has 0 fully saturated rings. The monoisotopic (exact) mass is 227 g/mol. The number of nitriles is 1. The molecule has 1 aromatic carbocycles.